The van der Waals surface area contributed by atoms with Crippen molar-refractivity contribution in [2.45, 2.75) is 0 Å². The van der Waals surface area contributed by atoms with Gasteiger partial charge in [-0.3, -0.25) is 0 Å². The molecule has 2 heterocycles. The molecule has 0 unspecified atom stereocenters. The first-order valence-electron chi connectivity index (χ1n) is 17.8. The molecule has 2 aromatic heterocycles. The van der Waals surface area contributed by atoms with Gasteiger partial charge in [0.1, 0.15) is 0 Å². The maximum absolute atomic E-state index is 2.49. The molecule has 0 N–H and O–H groups in total. The summed E-state index contributed by atoms with van der Waals surface area (Å²) in [7, 11) is 0. The van der Waals surface area contributed by atoms with Crippen molar-refractivity contribution in [3.63, 3.8) is 0 Å². The highest BCUT2D eigenvalue weighted by Gasteiger charge is 2.19. The van der Waals surface area contributed by atoms with Crippen LogP contribution in [0.25, 0.3) is 88.6 Å². The maximum atomic E-state index is 2.49. The third-order valence-corrected chi connectivity index (χ3v) is 10.3. The second-order valence-corrected chi connectivity index (χ2v) is 13.4. The molecule has 2 nitrogen and oxygen atoms in total. The van der Waals surface area contributed by atoms with Crippen LogP contribution in [0.2, 0.25) is 0 Å². The zero-order valence-electron chi connectivity index (χ0n) is 28.5. The molecular formula is C50H34N2. The highest BCUT2D eigenvalue weighted by molar-refractivity contribution is 6.19. The van der Waals surface area contributed by atoms with Crippen molar-refractivity contribution in [2.24, 2.45) is 0 Å². The van der Waals surface area contributed by atoms with E-state index in [9.17, 15) is 0 Å². The molecule has 10 rings (SSSR count). The van der Waals surface area contributed by atoms with Crippen LogP contribution >= 0.6 is 0 Å². The van der Waals surface area contributed by atoms with Crippen LogP contribution in [0.15, 0.2) is 206 Å². The molecule has 0 spiro atoms. The van der Waals surface area contributed by atoms with Crippen molar-refractivity contribution in [1.29, 1.82) is 0 Å². The van der Waals surface area contributed by atoms with Gasteiger partial charge in [0, 0.05) is 33.7 Å². The van der Waals surface area contributed by atoms with Gasteiger partial charge in [-0.25, -0.2) is 0 Å². The predicted molar refractivity (Wildman–Crippen MR) is 219 cm³/mol. The quantitative estimate of drug-likeness (QED) is 0.168. The number of para-hydroxylation sites is 1. The largest absolute Gasteiger partial charge is 0.316 e. The summed E-state index contributed by atoms with van der Waals surface area (Å²) in [6.45, 7) is 0. The normalized spacial score (nSPS) is 11.5. The van der Waals surface area contributed by atoms with Gasteiger partial charge in [-0.05, 0) is 105 Å². The molecule has 0 saturated heterocycles. The molecule has 0 aliphatic rings. The van der Waals surface area contributed by atoms with E-state index in [1.165, 1.54) is 77.2 Å². The summed E-state index contributed by atoms with van der Waals surface area (Å²) in [5.41, 5.74) is 15.5. The van der Waals surface area contributed by atoms with Gasteiger partial charge >= 0.3 is 0 Å². The molecule has 0 aliphatic heterocycles. The van der Waals surface area contributed by atoms with E-state index in [1.807, 2.05) is 0 Å². The van der Waals surface area contributed by atoms with Gasteiger partial charge < -0.3 is 9.13 Å². The molecular weight excluding hydrogens is 629 g/mol. The molecule has 0 atom stereocenters. The maximum Gasteiger partial charge on any atom is 0.0635 e. The van der Waals surface area contributed by atoms with Gasteiger partial charge in [0.05, 0.1) is 16.6 Å². The fourth-order valence-electron chi connectivity index (χ4n) is 7.83. The lowest BCUT2D eigenvalue weighted by Gasteiger charge is -2.15. The van der Waals surface area contributed by atoms with E-state index in [4.69, 9.17) is 0 Å². The first-order valence-corrected chi connectivity index (χ1v) is 17.8. The summed E-state index contributed by atoms with van der Waals surface area (Å²) in [5, 5.41) is 3.69. The van der Waals surface area contributed by atoms with Crippen molar-refractivity contribution >= 4 is 32.7 Å². The predicted octanol–water partition coefficient (Wildman–Crippen LogP) is 13.4. The van der Waals surface area contributed by atoms with Gasteiger partial charge in [-0.1, -0.05) is 140 Å². The van der Waals surface area contributed by atoms with Crippen LogP contribution in [-0.4, -0.2) is 9.13 Å². The van der Waals surface area contributed by atoms with Crippen molar-refractivity contribution in [1.82, 2.24) is 9.13 Å². The van der Waals surface area contributed by atoms with Gasteiger partial charge in [-0.15, -0.1) is 0 Å². The molecule has 0 radical (unpaired) electrons. The van der Waals surface area contributed by atoms with E-state index in [0.717, 1.165) is 11.4 Å². The van der Waals surface area contributed by atoms with E-state index in [0.29, 0.717) is 0 Å². The van der Waals surface area contributed by atoms with E-state index >= 15 is 0 Å². The lowest BCUT2D eigenvalue weighted by molar-refractivity contribution is 1.13. The zero-order chi connectivity index (χ0) is 34.4. The second kappa shape index (κ2) is 12.5. The Morgan fingerprint density at radius 2 is 0.769 bits per heavy atom. The third-order valence-electron chi connectivity index (χ3n) is 10.3. The number of nitrogens with zero attached hydrogens (tertiary/aromatic N) is 2. The van der Waals surface area contributed by atoms with Gasteiger partial charge in [-0.2, -0.15) is 0 Å². The van der Waals surface area contributed by atoms with Crippen molar-refractivity contribution < 1.29 is 0 Å². The number of fused-ring (bicyclic) bond motifs is 5. The van der Waals surface area contributed by atoms with Gasteiger partial charge in [0.2, 0.25) is 0 Å². The van der Waals surface area contributed by atoms with Crippen LogP contribution in [0.3, 0.4) is 0 Å². The summed E-state index contributed by atoms with van der Waals surface area (Å²) >= 11 is 0. The zero-order valence-corrected chi connectivity index (χ0v) is 28.5. The molecule has 52 heavy (non-hydrogen) atoms. The minimum Gasteiger partial charge on any atom is -0.316 e. The van der Waals surface area contributed by atoms with Crippen LogP contribution in [0.4, 0.5) is 0 Å². The Morgan fingerprint density at radius 1 is 0.269 bits per heavy atom. The van der Waals surface area contributed by atoms with Gasteiger partial charge in [0.15, 0.2) is 0 Å². The topological polar surface area (TPSA) is 9.86 Å². The van der Waals surface area contributed by atoms with E-state index in [1.54, 1.807) is 0 Å². The smallest absolute Gasteiger partial charge is 0.0635 e. The highest BCUT2D eigenvalue weighted by atomic mass is 15.0. The Labute approximate surface area is 303 Å². The average molecular weight is 663 g/mol. The van der Waals surface area contributed by atoms with Crippen molar-refractivity contribution in [3.8, 4) is 55.9 Å². The van der Waals surface area contributed by atoms with Crippen molar-refractivity contribution in [2.75, 3.05) is 0 Å². The fourth-order valence-corrected chi connectivity index (χ4v) is 7.83. The molecule has 244 valence electrons. The molecule has 0 aliphatic carbocycles. The number of rotatable bonds is 6. The van der Waals surface area contributed by atoms with Crippen LogP contribution in [0.1, 0.15) is 0 Å². The number of aromatic nitrogens is 2. The number of benzene rings is 8. The molecule has 0 fully saturated rings. The molecule has 0 amide bonds. The number of hydrogen-bond donors (Lipinski definition) is 0. The number of hydrogen-bond acceptors (Lipinski definition) is 0. The fraction of sp³-hybridized carbons (Fsp3) is 0. The van der Waals surface area contributed by atoms with Crippen LogP contribution in [-0.2, 0) is 0 Å². The van der Waals surface area contributed by atoms with Gasteiger partial charge in [0.25, 0.3) is 0 Å². The molecule has 2 heteroatoms. The molecule has 0 bridgehead atoms. The molecule has 8 aromatic carbocycles. The first kappa shape index (κ1) is 30.0. The van der Waals surface area contributed by atoms with Crippen LogP contribution < -0.4 is 0 Å². The third kappa shape index (κ3) is 5.12. The Hall–Kier alpha value is -6.90. The Morgan fingerprint density at radius 3 is 1.40 bits per heavy atom. The molecule has 10 aromatic rings. The molecule has 0 saturated carbocycles. The minimum absolute atomic E-state index is 1.14. The highest BCUT2D eigenvalue weighted by Crippen LogP contribution is 2.41. The lowest BCUT2D eigenvalue weighted by atomic mass is 9.97. The summed E-state index contributed by atoms with van der Waals surface area (Å²) in [6.07, 6.45) is 2.21. The Balaban J connectivity index is 1.26. The summed E-state index contributed by atoms with van der Waals surface area (Å²) in [4.78, 5) is 0. The summed E-state index contributed by atoms with van der Waals surface area (Å²) in [6, 6.07) is 72.5. The Bertz CT molecular complexity index is 2810. The first-order chi connectivity index (χ1) is 25.8. The average Bonchev–Trinajstić information content (AvgIpc) is 3.81. The SMILES string of the molecule is c1ccc(-c2cccc(-c3ccc4c(c3)c3ccc5c(ccn5-c5ccccc5)c3n4-c3cc(-c4ccccc4)cc(-c4ccccc4)c3)c2)cc1. The summed E-state index contributed by atoms with van der Waals surface area (Å²) in [5.74, 6) is 0. The van der Waals surface area contributed by atoms with Crippen LogP contribution in [0.5, 0.6) is 0 Å². The van der Waals surface area contributed by atoms with E-state index < -0.39 is 0 Å². The van der Waals surface area contributed by atoms with Crippen molar-refractivity contribution in [3.05, 3.63) is 206 Å². The Kier molecular flexibility index (Phi) is 7.18. The monoisotopic (exact) mass is 662 g/mol. The lowest BCUT2D eigenvalue weighted by Crippen LogP contribution is -1.97. The standard InChI is InChI=1S/C50H34N2/c1-5-14-35(15-6-1)38-20-13-21-39(30-38)40-24-26-49-47(34-40)45-25-27-48-46(28-29-51(48)43-22-11-4-12-23-43)50(45)52(49)44-32-41(36-16-7-2-8-17-36)31-42(33-44)37-18-9-3-10-19-37/h1-34H. The van der Waals surface area contributed by atoms with E-state index in [-0.39, 0.29) is 0 Å². The second-order valence-electron chi connectivity index (χ2n) is 13.4. The van der Waals surface area contributed by atoms with E-state index in [2.05, 4.69) is 216 Å². The summed E-state index contributed by atoms with van der Waals surface area (Å²) < 4.78 is 4.79. The minimum atomic E-state index is 1.14. The van der Waals surface area contributed by atoms with Crippen LogP contribution in [0, 0.1) is 0 Å².